The number of fused-ring (bicyclic) bond motifs is 1. The van der Waals surface area contributed by atoms with Gasteiger partial charge in [-0.1, -0.05) is 13.0 Å². The molecule has 0 saturated carbocycles. The number of hydrogen-bond donors (Lipinski definition) is 1. The molecule has 0 aliphatic carbocycles. The number of hydrogen-bond acceptors (Lipinski definition) is 7. The van der Waals surface area contributed by atoms with Crippen molar-refractivity contribution in [2.24, 2.45) is 0 Å². The number of carbonyl (C=O) groups is 2. The van der Waals surface area contributed by atoms with Crippen LogP contribution in [0.1, 0.15) is 12.5 Å². The molecule has 28 heavy (non-hydrogen) atoms. The van der Waals surface area contributed by atoms with E-state index >= 15 is 0 Å². The number of ether oxygens (including phenoxy) is 1. The van der Waals surface area contributed by atoms with Crippen molar-refractivity contribution < 1.29 is 22.7 Å². The summed E-state index contributed by atoms with van der Waals surface area (Å²) in [7, 11) is -3.45. The van der Waals surface area contributed by atoms with E-state index in [1.54, 1.807) is 18.2 Å². The molecule has 9 heteroatoms. The molecule has 8 nitrogen and oxygen atoms in total. The van der Waals surface area contributed by atoms with Gasteiger partial charge in [-0.15, -0.1) is 0 Å². The summed E-state index contributed by atoms with van der Waals surface area (Å²) in [5, 5.41) is 11.6. The molecule has 1 heterocycles. The minimum absolute atomic E-state index is 0.0566. The van der Waals surface area contributed by atoms with Crippen LogP contribution in [0.4, 0.5) is 11.4 Å². The first-order valence-electron chi connectivity index (χ1n) is 8.45. The van der Waals surface area contributed by atoms with Crippen molar-refractivity contribution in [3.63, 3.8) is 0 Å². The molecule has 1 aliphatic rings. The lowest BCUT2D eigenvalue weighted by atomic mass is 10.2. The summed E-state index contributed by atoms with van der Waals surface area (Å²) in [6.07, 6.45) is 0. The molecule has 2 aromatic carbocycles. The number of amides is 1. The van der Waals surface area contributed by atoms with Crippen LogP contribution >= 0.6 is 0 Å². The molecule has 0 aromatic heterocycles. The van der Waals surface area contributed by atoms with E-state index in [2.05, 4.69) is 5.32 Å². The third-order valence-electron chi connectivity index (χ3n) is 4.16. The minimum atomic E-state index is -3.45. The molecule has 1 aliphatic heterocycles. The number of carbonyl (C=O) groups excluding carboxylic acids is 2. The fourth-order valence-corrected chi connectivity index (χ4v) is 3.67. The zero-order valence-electron chi connectivity index (χ0n) is 15.0. The van der Waals surface area contributed by atoms with Crippen LogP contribution in [-0.4, -0.2) is 39.1 Å². The second-order valence-electron chi connectivity index (χ2n) is 6.10. The van der Waals surface area contributed by atoms with Crippen LogP contribution in [0.3, 0.4) is 0 Å². The predicted octanol–water partition coefficient (Wildman–Crippen LogP) is 1.72. The van der Waals surface area contributed by atoms with E-state index in [0.717, 1.165) is 0 Å². The Labute approximate surface area is 162 Å². The van der Waals surface area contributed by atoms with Gasteiger partial charge in [0.2, 0.25) is 5.91 Å². The fourth-order valence-electron chi connectivity index (χ4n) is 2.77. The van der Waals surface area contributed by atoms with E-state index < -0.39 is 15.8 Å². The van der Waals surface area contributed by atoms with E-state index in [1.165, 1.54) is 36.1 Å². The minimum Gasteiger partial charge on any atom is -0.423 e. The highest BCUT2D eigenvalue weighted by molar-refractivity contribution is 7.91. The highest BCUT2D eigenvalue weighted by Gasteiger charge is 2.27. The number of rotatable bonds is 5. The Morgan fingerprint density at radius 2 is 2.07 bits per heavy atom. The number of nitriles is 1. The molecule has 2 aromatic rings. The summed E-state index contributed by atoms with van der Waals surface area (Å²) in [6.45, 7) is 1.25. The van der Waals surface area contributed by atoms with Crippen LogP contribution < -0.4 is 15.0 Å². The van der Waals surface area contributed by atoms with Crippen molar-refractivity contribution in [1.82, 2.24) is 0 Å². The Morgan fingerprint density at radius 1 is 1.29 bits per heavy atom. The van der Waals surface area contributed by atoms with Crippen molar-refractivity contribution >= 4 is 33.1 Å². The van der Waals surface area contributed by atoms with E-state index in [4.69, 9.17) is 10.00 Å². The lowest BCUT2D eigenvalue weighted by Gasteiger charge is -2.29. The molecule has 0 atom stereocenters. The fraction of sp³-hybridized carbons (Fsp3) is 0.211. The van der Waals surface area contributed by atoms with Crippen LogP contribution in [0.25, 0.3) is 0 Å². The van der Waals surface area contributed by atoms with E-state index in [1.807, 2.05) is 6.07 Å². The van der Waals surface area contributed by atoms with E-state index in [9.17, 15) is 18.0 Å². The first kappa shape index (κ1) is 19.4. The summed E-state index contributed by atoms with van der Waals surface area (Å²) in [4.78, 5) is 25.9. The molecule has 0 saturated heterocycles. The van der Waals surface area contributed by atoms with Gasteiger partial charge in [0, 0.05) is 11.8 Å². The summed E-state index contributed by atoms with van der Waals surface area (Å²) in [6, 6.07) is 12.7. The van der Waals surface area contributed by atoms with Gasteiger partial charge in [-0.25, -0.2) is 13.2 Å². The van der Waals surface area contributed by atoms with Crippen LogP contribution in [0, 0.1) is 11.3 Å². The van der Waals surface area contributed by atoms with Gasteiger partial charge in [0.25, 0.3) is 0 Å². The Bertz CT molecular complexity index is 1090. The Balaban J connectivity index is 1.81. The number of sulfone groups is 1. The number of esters is 1. The molecular weight excluding hydrogens is 382 g/mol. The number of nitrogens with one attached hydrogen (secondary N) is 1. The predicted molar refractivity (Wildman–Crippen MR) is 102 cm³/mol. The molecule has 144 valence electrons. The van der Waals surface area contributed by atoms with Crippen LogP contribution in [0.2, 0.25) is 0 Å². The Kier molecular flexibility index (Phi) is 5.33. The van der Waals surface area contributed by atoms with Gasteiger partial charge in [0.15, 0.2) is 15.6 Å². The second-order valence-corrected chi connectivity index (χ2v) is 8.38. The van der Waals surface area contributed by atoms with Gasteiger partial charge >= 0.3 is 5.97 Å². The molecule has 0 unspecified atom stereocenters. The molecule has 0 radical (unpaired) electrons. The van der Waals surface area contributed by atoms with Crippen molar-refractivity contribution in [3.8, 4) is 11.8 Å². The molecule has 0 fully saturated rings. The second kappa shape index (κ2) is 7.70. The van der Waals surface area contributed by atoms with E-state index in [0.29, 0.717) is 16.9 Å². The molecule has 0 bridgehead atoms. The highest BCUT2D eigenvalue weighted by atomic mass is 32.2. The van der Waals surface area contributed by atoms with Crippen molar-refractivity contribution in [3.05, 3.63) is 48.0 Å². The molecule has 1 amide bonds. The monoisotopic (exact) mass is 399 g/mol. The van der Waals surface area contributed by atoms with Gasteiger partial charge in [0.1, 0.15) is 6.54 Å². The van der Waals surface area contributed by atoms with Crippen molar-refractivity contribution in [2.45, 2.75) is 11.8 Å². The summed E-state index contributed by atoms with van der Waals surface area (Å²) in [5.41, 5.74) is 1.33. The van der Waals surface area contributed by atoms with Crippen LogP contribution in [0.15, 0.2) is 47.4 Å². The molecular formula is C19H17N3O5S. The average Bonchev–Trinajstić information content (AvgIpc) is 2.67. The standard InChI is InChI=1S/C19H17N3O5S/c1-2-28(25,26)15-6-7-16-17(9-15)27-19(24)12-22(16)11-18(23)21-14-5-3-4-13(8-14)10-20/h3-9H,2,11-12H2,1H3,(H,21,23). The maximum Gasteiger partial charge on any atom is 0.331 e. The SMILES string of the molecule is CCS(=O)(=O)c1ccc2c(c1)OC(=O)CN2CC(=O)Nc1cccc(C#N)c1. The highest BCUT2D eigenvalue weighted by Crippen LogP contribution is 2.34. The van der Waals surface area contributed by atoms with Gasteiger partial charge in [-0.3, -0.25) is 4.79 Å². The van der Waals surface area contributed by atoms with Gasteiger partial charge < -0.3 is 15.0 Å². The number of anilines is 2. The molecule has 1 N–H and O–H groups in total. The van der Waals surface area contributed by atoms with Crippen LogP contribution in [0.5, 0.6) is 5.75 Å². The van der Waals surface area contributed by atoms with Gasteiger partial charge in [0.05, 0.1) is 34.5 Å². The first-order valence-corrected chi connectivity index (χ1v) is 10.1. The topological polar surface area (TPSA) is 117 Å². The zero-order chi connectivity index (χ0) is 20.3. The van der Waals surface area contributed by atoms with Crippen molar-refractivity contribution in [2.75, 3.05) is 29.1 Å². The lowest BCUT2D eigenvalue weighted by Crippen LogP contribution is -2.41. The Morgan fingerprint density at radius 3 is 2.79 bits per heavy atom. The smallest absolute Gasteiger partial charge is 0.331 e. The first-order chi connectivity index (χ1) is 13.3. The summed E-state index contributed by atoms with van der Waals surface area (Å²) < 4.78 is 29.2. The maximum absolute atomic E-state index is 12.4. The normalized spacial score (nSPS) is 13.3. The summed E-state index contributed by atoms with van der Waals surface area (Å²) in [5.74, 6) is -0.947. The summed E-state index contributed by atoms with van der Waals surface area (Å²) >= 11 is 0. The number of benzene rings is 2. The largest absolute Gasteiger partial charge is 0.423 e. The molecule has 3 rings (SSSR count). The zero-order valence-corrected chi connectivity index (χ0v) is 15.8. The van der Waals surface area contributed by atoms with Gasteiger partial charge in [-0.05, 0) is 30.3 Å². The lowest BCUT2D eigenvalue weighted by molar-refractivity contribution is -0.133. The average molecular weight is 399 g/mol. The van der Waals surface area contributed by atoms with Crippen molar-refractivity contribution in [1.29, 1.82) is 5.26 Å². The van der Waals surface area contributed by atoms with Crippen LogP contribution in [-0.2, 0) is 19.4 Å². The maximum atomic E-state index is 12.4. The third-order valence-corrected chi connectivity index (χ3v) is 5.90. The third kappa shape index (κ3) is 4.13. The number of nitrogens with zero attached hydrogens (tertiary/aromatic N) is 2. The van der Waals surface area contributed by atoms with E-state index in [-0.39, 0.29) is 35.4 Å². The Hall–Kier alpha value is -3.38. The van der Waals surface area contributed by atoms with Gasteiger partial charge in [-0.2, -0.15) is 5.26 Å². The quantitative estimate of drug-likeness (QED) is 0.601. The molecule has 0 spiro atoms.